The van der Waals surface area contributed by atoms with Crippen LogP contribution in [-0.4, -0.2) is 29.9 Å². The van der Waals surface area contributed by atoms with E-state index in [1.54, 1.807) is 17.5 Å². The van der Waals surface area contributed by atoms with Crippen LogP contribution >= 0.6 is 22.7 Å². The van der Waals surface area contributed by atoms with E-state index in [9.17, 15) is 14.4 Å². The number of carbonyl (C=O) groups excluding carboxylic acids is 3. The molecule has 0 radical (unpaired) electrons. The number of benzene rings is 2. The summed E-state index contributed by atoms with van der Waals surface area (Å²) in [6.07, 6.45) is 0.164. The third kappa shape index (κ3) is 5.19. The molecular weight excluding hydrogens is 448 g/mol. The highest BCUT2D eigenvalue weighted by atomic mass is 32.1. The number of amides is 1. The Morgan fingerprint density at radius 1 is 1.00 bits per heavy atom. The summed E-state index contributed by atoms with van der Waals surface area (Å²) in [6.45, 7) is 0. The largest absolute Gasteiger partial charge is 0.465 e. The minimum Gasteiger partial charge on any atom is -0.465 e. The van der Waals surface area contributed by atoms with Crippen LogP contribution in [0.1, 0.15) is 20.9 Å². The first kappa shape index (κ1) is 21.7. The van der Waals surface area contributed by atoms with E-state index in [4.69, 9.17) is 9.47 Å². The predicted molar refractivity (Wildman–Crippen MR) is 123 cm³/mol. The van der Waals surface area contributed by atoms with Crippen molar-refractivity contribution < 1.29 is 23.9 Å². The fraction of sp³-hybridized carbons (Fsp3) is 0.130. The van der Waals surface area contributed by atoms with Gasteiger partial charge in [0.05, 0.1) is 25.6 Å². The first-order chi connectivity index (χ1) is 15.5. The number of hydrogen-bond acceptors (Lipinski definition) is 8. The average Bonchev–Trinajstić information content (AvgIpc) is 3.44. The van der Waals surface area contributed by atoms with Crippen molar-refractivity contribution in [2.75, 3.05) is 12.4 Å². The summed E-state index contributed by atoms with van der Waals surface area (Å²) in [5, 5.41) is 8.40. The van der Waals surface area contributed by atoms with Crippen molar-refractivity contribution in [3.8, 4) is 5.75 Å². The third-order valence-corrected chi connectivity index (χ3v) is 6.20. The molecule has 2 heterocycles. The molecule has 1 amide bonds. The molecule has 2 aromatic heterocycles. The third-order valence-electron chi connectivity index (χ3n) is 4.52. The highest BCUT2D eigenvalue weighted by molar-refractivity contribution is 7.14. The van der Waals surface area contributed by atoms with Gasteiger partial charge in [-0.3, -0.25) is 9.59 Å². The Kier molecular flexibility index (Phi) is 6.58. The molecule has 4 rings (SSSR count). The number of nitrogens with one attached hydrogen (secondary N) is 1. The highest BCUT2D eigenvalue weighted by Crippen LogP contribution is 2.27. The lowest BCUT2D eigenvalue weighted by molar-refractivity contribution is -0.133. The summed E-state index contributed by atoms with van der Waals surface area (Å²) in [5.41, 5.74) is 0.631. The van der Waals surface area contributed by atoms with E-state index in [1.807, 2.05) is 41.8 Å². The Balaban J connectivity index is 1.43. The Bertz CT molecular complexity index is 1280. The summed E-state index contributed by atoms with van der Waals surface area (Å²) in [7, 11) is 1.27. The van der Waals surface area contributed by atoms with Crippen LogP contribution < -0.4 is 10.1 Å². The number of anilines is 1. The van der Waals surface area contributed by atoms with Crippen LogP contribution in [0, 0.1) is 0 Å². The summed E-state index contributed by atoms with van der Waals surface area (Å²) in [6, 6.07) is 14.5. The van der Waals surface area contributed by atoms with Gasteiger partial charge in [0.15, 0.2) is 5.13 Å². The number of rotatable bonds is 7. The van der Waals surface area contributed by atoms with Crippen molar-refractivity contribution in [3.63, 3.8) is 0 Å². The molecule has 0 saturated carbocycles. The number of aromatic nitrogens is 1. The lowest BCUT2D eigenvalue weighted by Gasteiger charge is -2.10. The molecule has 162 valence electrons. The van der Waals surface area contributed by atoms with Gasteiger partial charge in [0.1, 0.15) is 11.3 Å². The van der Waals surface area contributed by atoms with E-state index in [0.717, 1.165) is 15.6 Å². The average molecular weight is 467 g/mol. The maximum Gasteiger partial charge on any atom is 0.341 e. The van der Waals surface area contributed by atoms with Crippen molar-refractivity contribution >= 4 is 56.4 Å². The second-order valence-electron chi connectivity index (χ2n) is 6.79. The van der Waals surface area contributed by atoms with E-state index in [2.05, 4.69) is 10.3 Å². The van der Waals surface area contributed by atoms with Crippen LogP contribution in [-0.2, 0) is 27.2 Å². The van der Waals surface area contributed by atoms with E-state index < -0.39 is 11.9 Å². The van der Waals surface area contributed by atoms with Crippen LogP contribution in [0.3, 0.4) is 0 Å². The molecular formula is C23H18N2O5S2. The fourth-order valence-electron chi connectivity index (χ4n) is 3.06. The minimum atomic E-state index is -0.594. The second kappa shape index (κ2) is 9.71. The van der Waals surface area contributed by atoms with Crippen LogP contribution in [0.15, 0.2) is 59.3 Å². The Labute approximate surface area is 191 Å². The molecule has 9 heteroatoms. The number of nitrogens with zero attached hydrogens (tertiary/aromatic N) is 1. The van der Waals surface area contributed by atoms with Gasteiger partial charge in [-0.25, -0.2) is 9.78 Å². The normalized spacial score (nSPS) is 10.7. The number of esters is 2. The van der Waals surface area contributed by atoms with Gasteiger partial charge in [-0.2, -0.15) is 0 Å². The molecule has 0 atom stereocenters. The smallest absolute Gasteiger partial charge is 0.341 e. The highest BCUT2D eigenvalue weighted by Gasteiger charge is 2.19. The molecule has 0 saturated heterocycles. The molecule has 2 aromatic carbocycles. The maximum absolute atomic E-state index is 12.5. The Hall–Kier alpha value is -3.56. The number of ether oxygens (including phenoxy) is 2. The van der Waals surface area contributed by atoms with Crippen LogP contribution in [0.5, 0.6) is 5.75 Å². The maximum atomic E-state index is 12.5. The van der Waals surface area contributed by atoms with Crippen molar-refractivity contribution in [2.24, 2.45) is 0 Å². The van der Waals surface area contributed by atoms with Gasteiger partial charge in [0.2, 0.25) is 5.91 Å². The quantitative estimate of drug-likeness (QED) is 0.319. The van der Waals surface area contributed by atoms with E-state index in [1.165, 1.54) is 29.8 Å². The van der Waals surface area contributed by atoms with Gasteiger partial charge in [0.25, 0.3) is 0 Å². The molecule has 0 aliphatic carbocycles. The summed E-state index contributed by atoms with van der Waals surface area (Å²) >= 11 is 2.74. The number of carbonyl (C=O) groups is 3. The lowest BCUT2D eigenvalue weighted by Crippen LogP contribution is -2.15. The van der Waals surface area contributed by atoms with Gasteiger partial charge >= 0.3 is 11.9 Å². The van der Waals surface area contributed by atoms with Gasteiger partial charge in [-0.05, 0) is 34.4 Å². The SMILES string of the molecule is COC(=O)c1cc2ccccc2cc1OC(=O)Cc1csc(NC(=O)Cc2cccs2)n1. The molecule has 7 nitrogen and oxygen atoms in total. The fourth-order valence-corrected chi connectivity index (χ4v) is 4.49. The zero-order valence-corrected chi connectivity index (χ0v) is 18.6. The zero-order chi connectivity index (χ0) is 22.5. The summed E-state index contributed by atoms with van der Waals surface area (Å²) in [5.74, 6) is -1.22. The van der Waals surface area contributed by atoms with Gasteiger partial charge < -0.3 is 14.8 Å². The topological polar surface area (TPSA) is 94.6 Å². The number of methoxy groups -OCH3 is 1. The van der Waals surface area contributed by atoms with Crippen LogP contribution in [0.25, 0.3) is 10.8 Å². The van der Waals surface area contributed by atoms with Crippen molar-refractivity contribution in [1.29, 1.82) is 0 Å². The van der Waals surface area contributed by atoms with Crippen LogP contribution in [0.4, 0.5) is 5.13 Å². The van der Waals surface area contributed by atoms with Gasteiger partial charge in [-0.15, -0.1) is 22.7 Å². The van der Waals surface area contributed by atoms with Crippen LogP contribution in [0.2, 0.25) is 0 Å². The Morgan fingerprint density at radius 3 is 2.50 bits per heavy atom. The molecule has 0 unspecified atom stereocenters. The minimum absolute atomic E-state index is 0.106. The molecule has 0 aliphatic rings. The molecule has 0 bridgehead atoms. The first-order valence-electron chi connectivity index (χ1n) is 9.60. The second-order valence-corrected chi connectivity index (χ2v) is 8.68. The Morgan fingerprint density at radius 2 is 1.78 bits per heavy atom. The van der Waals surface area contributed by atoms with E-state index >= 15 is 0 Å². The van der Waals surface area contributed by atoms with Gasteiger partial charge in [-0.1, -0.05) is 30.3 Å². The number of thiophene rings is 1. The van der Waals surface area contributed by atoms with Gasteiger partial charge in [0, 0.05) is 10.3 Å². The predicted octanol–water partition coefficient (Wildman–Crippen LogP) is 4.47. The first-order valence-corrected chi connectivity index (χ1v) is 11.4. The number of hydrogen-bond donors (Lipinski definition) is 1. The van der Waals surface area contributed by atoms with E-state index in [-0.39, 0.29) is 30.1 Å². The van der Waals surface area contributed by atoms with Crippen molar-refractivity contribution in [3.05, 3.63) is 75.4 Å². The summed E-state index contributed by atoms with van der Waals surface area (Å²) < 4.78 is 10.3. The number of thiazole rings is 1. The molecule has 4 aromatic rings. The monoisotopic (exact) mass is 466 g/mol. The molecule has 1 N–H and O–H groups in total. The summed E-state index contributed by atoms with van der Waals surface area (Å²) in [4.78, 5) is 42.1. The molecule has 0 aliphatic heterocycles. The van der Waals surface area contributed by atoms with E-state index in [0.29, 0.717) is 10.8 Å². The standard InChI is InChI=1S/C23H18N2O5S2/c1-29-22(28)18-9-14-5-2-3-6-15(14)10-19(18)30-21(27)11-16-13-32-23(24-16)25-20(26)12-17-7-4-8-31-17/h2-10,13H,11-12H2,1H3,(H,24,25,26). The lowest BCUT2D eigenvalue weighted by atomic mass is 10.1. The number of fused-ring (bicyclic) bond motifs is 1. The molecule has 32 heavy (non-hydrogen) atoms. The zero-order valence-electron chi connectivity index (χ0n) is 17.0. The van der Waals surface area contributed by atoms with Crippen molar-refractivity contribution in [1.82, 2.24) is 4.98 Å². The van der Waals surface area contributed by atoms with Crippen molar-refractivity contribution in [2.45, 2.75) is 12.8 Å². The molecule has 0 spiro atoms. The molecule has 0 fully saturated rings.